The summed E-state index contributed by atoms with van der Waals surface area (Å²) >= 11 is 0. The van der Waals surface area contributed by atoms with E-state index in [4.69, 9.17) is 4.74 Å². The molecule has 0 saturated carbocycles. The van der Waals surface area contributed by atoms with Gasteiger partial charge < -0.3 is 4.74 Å². The van der Waals surface area contributed by atoms with E-state index in [9.17, 15) is 13.2 Å². The quantitative estimate of drug-likeness (QED) is 0.719. The van der Waals surface area contributed by atoms with Gasteiger partial charge in [0.25, 0.3) is 0 Å². The highest BCUT2D eigenvalue weighted by Gasteiger charge is 2.30. The summed E-state index contributed by atoms with van der Waals surface area (Å²) in [5.74, 6) is 0.428. The summed E-state index contributed by atoms with van der Waals surface area (Å²) in [6.07, 6.45) is -4.32. The lowest BCUT2D eigenvalue weighted by molar-refractivity contribution is -0.137. The van der Waals surface area contributed by atoms with Gasteiger partial charge in [-0.05, 0) is 40.8 Å². The minimum Gasteiger partial charge on any atom is -0.489 e. The molecule has 0 heterocycles. The standard InChI is InChI=1S/C18H19F3O/c1-17(2,3)16-7-5-4-6-13(16)12-22-15-10-8-14(9-11-15)18(19,20)21/h4-11H,12H2,1-3H3. The van der Waals surface area contributed by atoms with Crippen molar-refractivity contribution in [2.75, 3.05) is 0 Å². The van der Waals surface area contributed by atoms with Crippen molar-refractivity contribution in [3.05, 3.63) is 65.2 Å². The van der Waals surface area contributed by atoms with Gasteiger partial charge in [-0.15, -0.1) is 0 Å². The van der Waals surface area contributed by atoms with E-state index in [2.05, 4.69) is 20.8 Å². The molecule has 0 amide bonds. The van der Waals surface area contributed by atoms with E-state index in [0.29, 0.717) is 12.4 Å². The maximum Gasteiger partial charge on any atom is 0.416 e. The summed E-state index contributed by atoms with van der Waals surface area (Å²) in [7, 11) is 0. The second kappa shape index (κ2) is 6.03. The zero-order chi connectivity index (χ0) is 16.4. The van der Waals surface area contributed by atoms with Crippen LogP contribution >= 0.6 is 0 Å². The van der Waals surface area contributed by atoms with Crippen LogP contribution in [0.4, 0.5) is 13.2 Å². The first kappa shape index (κ1) is 16.4. The lowest BCUT2D eigenvalue weighted by Crippen LogP contribution is -2.15. The van der Waals surface area contributed by atoms with E-state index in [0.717, 1.165) is 17.7 Å². The largest absolute Gasteiger partial charge is 0.489 e. The molecule has 0 fully saturated rings. The molecule has 0 unspecified atom stereocenters. The normalized spacial score (nSPS) is 12.3. The maximum atomic E-state index is 12.5. The van der Waals surface area contributed by atoms with Crippen molar-refractivity contribution < 1.29 is 17.9 Å². The average molecular weight is 308 g/mol. The van der Waals surface area contributed by atoms with Gasteiger partial charge in [-0.25, -0.2) is 0 Å². The molecule has 0 bridgehead atoms. The van der Waals surface area contributed by atoms with E-state index in [1.807, 2.05) is 24.3 Å². The first-order chi connectivity index (χ1) is 10.2. The average Bonchev–Trinajstić information content (AvgIpc) is 2.44. The van der Waals surface area contributed by atoms with E-state index < -0.39 is 11.7 Å². The molecule has 0 atom stereocenters. The van der Waals surface area contributed by atoms with Crippen LogP contribution < -0.4 is 4.74 Å². The van der Waals surface area contributed by atoms with E-state index >= 15 is 0 Å². The number of hydrogen-bond donors (Lipinski definition) is 0. The van der Waals surface area contributed by atoms with Crippen LogP contribution in [-0.2, 0) is 18.2 Å². The Kier molecular flexibility index (Phi) is 4.50. The Morgan fingerprint density at radius 1 is 0.864 bits per heavy atom. The molecule has 1 nitrogen and oxygen atoms in total. The Bertz CT molecular complexity index is 622. The van der Waals surface area contributed by atoms with Gasteiger partial charge in [0.2, 0.25) is 0 Å². The predicted octanol–water partition coefficient (Wildman–Crippen LogP) is 5.58. The lowest BCUT2D eigenvalue weighted by atomic mass is 9.84. The topological polar surface area (TPSA) is 9.23 Å². The third-order valence-corrected chi connectivity index (χ3v) is 3.40. The Labute approximate surface area is 128 Å². The van der Waals surface area contributed by atoms with Gasteiger partial charge in [0, 0.05) is 0 Å². The van der Waals surface area contributed by atoms with Crippen molar-refractivity contribution in [1.82, 2.24) is 0 Å². The van der Waals surface area contributed by atoms with Crippen LogP contribution in [0.2, 0.25) is 0 Å². The van der Waals surface area contributed by atoms with Gasteiger partial charge in [-0.1, -0.05) is 45.0 Å². The van der Waals surface area contributed by atoms with Crippen molar-refractivity contribution in [2.45, 2.75) is 39.0 Å². The zero-order valence-electron chi connectivity index (χ0n) is 12.9. The second-order valence-electron chi connectivity index (χ2n) is 6.22. The minimum absolute atomic E-state index is 0.0138. The van der Waals surface area contributed by atoms with Gasteiger partial charge >= 0.3 is 6.18 Å². The van der Waals surface area contributed by atoms with Crippen LogP contribution in [0.3, 0.4) is 0 Å². The number of alkyl halides is 3. The van der Waals surface area contributed by atoms with Crippen molar-refractivity contribution in [1.29, 1.82) is 0 Å². The Balaban J connectivity index is 2.11. The summed E-state index contributed by atoms with van der Waals surface area (Å²) in [5.41, 5.74) is 1.52. The molecule has 0 radical (unpaired) electrons. The summed E-state index contributed by atoms with van der Waals surface area (Å²) in [5, 5.41) is 0. The van der Waals surface area contributed by atoms with E-state index in [1.54, 1.807) is 0 Å². The van der Waals surface area contributed by atoms with Gasteiger partial charge in [0.1, 0.15) is 12.4 Å². The fourth-order valence-corrected chi connectivity index (χ4v) is 2.28. The Hall–Kier alpha value is -1.97. The Morgan fingerprint density at radius 3 is 2.00 bits per heavy atom. The van der Waals surface area contributed by atoms with Crippen molar-refractivity contribution in [2.24, 2.45) is 0 Å². The van der Waals surface area contributed by atoms with E-state index in [-0.39, 0.29) is 5.41 Å². The van der Waals surface area contributed by atoms with Gasteiger partial charge in [0.05, 0.1) is 5.56 Å². The Morgan fingerprint density at radius 2 is 1.45 bits per heavy atom. The van der Waals surface area contributed by atoms with E-state index in [1.165, 1.54) is 17.7 Å². The smallest absolute Gasteiger partial charge is 0.416 e. The van der Waals surface area contributed by atoms with Crippen LogP contribution in [0.5, 0.6) is 5.75 Å². The van der Waals surface area contributed by atoms with Crippen LogP contribution in [0, 0.1) is 0 Å². The van der Waals surface area contributed by atoms with Crippen molar-refractivity contribution in [3.63, 3.8) is 0 Å². The number of hydrogen-bond acceptors (Lipinski definition) is 1. The molecule has 2 aromatic carbocycles. The third kappa shape index (κ3) is 4.03. The molecule has 0 aliphatic heterocycles. The summed E-state index contributed by atoms with van der Waals surface area (Å²) in [6.45, 7) is 6.68. The lowest BCUT2D eigenvalue weighted by Gasteiger charge is -2.23. The second-order valence-corrected chi connectivity index (χ2v) is 6.22. The molecule has 0 spiro atoms. The molecule has 0 N–H and O–H groups in total. The van der Waals surface area contributed by atoms with Crippen LogP contribution in [0.15, 0.2) is 48.5 Å². The molecule has 118 valence electrons. The number of benzene rings is 2. The monoisotopic (exact) mass is 308 g/mol. The molecule has 2 rings (SSSR count). The van der Waals surface area contributed by atoms with Crippen molar-refractivity contribution >= 4 is 0 Å². The molecule has 0 aromatic heterocycles. The number of ether oxygens (including phenoxy) is 1. The highest BCUT2D eigenvalue weighted by atomic mass is 19.4. The fraction of sp³-hybridized carbons (Fsp3) is 0.333. The summed E-state index contributed by atoms with van der Waals surface area (Å²) in [4.78, 5) is 0. The number of halogens is 3. The molecule has 0 aliphatic rings. The van der Waals surface area contributed by atoms with Gasteiger partial charge in [-0.2, -0.15) is 13.2 Å². The molecule has 0 aliphatic carbocycles. The van der Waals surface area contributed by atoms with Crippen LogP contribution in [-0.4, -0.2) is 0 Å². The minimum atomic E-state index is -4.32. The number of rotatable bonds is 3. The summed E-state index contributed by atoms with van der Waals surface area (Å²) < 4.78 is 43.2. The SMILES string of the molecule is CC(C)(C)c1ccccc1COc1ccc(C(F)(F)F)cc1. The third-order valence-electron chi connectivity index (χ3n) is 3.40. The predicted molar refractivity (Wildman–Crippen MR) is 80.9 cm³/mol. The highest BCUT2D eigenvalue weighted by Crippen LogP contribution is 2.31. The highest BCUT2D eigenvalue weighted by molar-refractivity contribution is 5.33. The van der Waals surface area contributed by atoms with Crippen LogP contribution in [0.1, 0.15) is 37.5 Å². The maximum absolute atomic E-state index is 12.5. The van der Waals surface area contributed by atoms with Crippen molar-refractivity contribution in [3.8, 4) is 5.75 Å². The molecule has 22 heavy (non-hydrogen) atoms. The molecular formula is C18H19F3O. The molecular weight excluding hydrogens is 289 g/mol. The van der Waals surface area contributed by atoms with Gasteiger partial charge in [-0.3, -0.25) is 0 Å². The first-order valence-corrected chi connectivity index (χ1v) is 7.06. The first-order valence-electron chi connectivity index (χ1n) is 7.06. The fourth-order valence-electron chi connectivity index (χ4n) is 2.28. The summed E-state index contributed by atoms with van der Waals surface area (Å²) in [6, 6.07) is 12.7. The zero-order valence-corrected chi connectivity index (χ0v) is 12.9. The molecule has 0 saturated heterocycles. The van der Waals surface area contributed by atoms with Crippen LogP contribution in [0.25, 0.3) is 0 Å². The van der Waals surface area contributed by atoms with Gasteiger partial charge in [0.15, 0.2) is 0 Å². The molecule has 2 aromatic rings. The molecule has 4 heteroatoms.